The number of halogens is 1. The lowest BCUT2D eigenvalue weighted by atomic mass is 9.99. The number of benzene rings is 3. The van der Waals surface area contributed by atoms with Gasteiger partial charge in [-0.05, 0) is 53.9 Å². The summed E-state index contributed by atoms with van der Waals surface area (Å²) in [5.74, 6) is 0.712. The summed E-state index contributed by atoms with van der Waals surface area (Å²) in [6.07, 6.45) is 0.457. The van der Waals surface area contributed by atoms with Crippen molar-refractivity contribution >= 4 is 27.3 Å². The maximum absolute atomic E-state index is 13.6. The summed E-state index contributed by atoms with van der Waals surface area (Å²) in [4.78, 5) is 0.254. The van der Waals surface area contributed by atoms with Crippen LogP contribution in [0.25, 0.3) is 0 Å². The number of aryl methyl sites for hydroxylation is 1. The first-order valence-electron chi connectivity index (χ1n) is 9.47. The van der Waals surface area contributed by atoms with Gasteiger partial charge in [0.2, 0.25) is 0 Å². The standard InChI is InChI=1S/C23H21ClN2O3S/c1-16-5-3-4-6-23(16)30(27,28)26-22(18-9-13-20(29-2)14-10-18)15-21(25-26)17-7-11-19(24)12-8-17/h3-14,22H,15H2,1-2H3. The van der Waals surface area contributed by atoms with E-state index in [-0.39, 0.29) is 4.90 Å². The Morgan fingerprint density at radius 3 is 2.30 bits per heavy atom. The van der Waals surface area contributed by atoms with Crippen LogP contribution in [0.1, 0.15) is 29.2 Å². The van der Waals surface area contributed by atoms with E-state index < -0.39 is 16.1 Å². The van der Waals surface area contributed by atoms with Crippen molar-refractivity contribution in [1.82, 2.24) is 4.41 Å². The van der Waals surface area contributed by atoms with Crippen LogP contribution in [0.2, 0.25) is 5.02 Å². The zero-order valence-electron chi connectivity index (χ0n) is 16.6. The predicted octanol–water partition coefficient (Wildman–Crippen LogP) is 5.20. The molecule has 0 bridgehead atoms. The van der Waals surface area contributed by atoms with Crippen LogP contribution in [-0.4, -0.2) is 25.7 Å². The lowest BCUT2D eigenvalue weighted by Crippen LogP contribution is -2.27. The molecular weight excluding hydrogens is 420 g/mol. The van der Waals surface area contributed by atoms with Crippen LogP contribution in [0.3, 0.4) is 0 Å². The number of rotatable bonds is 5. The summed E-state index contributed by atoms with van der Waals surface area (Å²) in [5, 5.41) is 5.18. The van der Waals surface area contributed by atoms with Gasteiger partial charge in [-0.1, -0.05) is 54.1 Å². The molecule has 0 saturated carbocycles. The number of hydrogen-bond acceptors (Lipinski definition) is 4. The summed E-state index contributed by atoms with van der Waals surface area (Å²) < 4.78 is 33.6. The van der Waals surface area contributed by atoms with Crippen molar-refractivity contribution in [3.8, 4) is 5.75 Å². The molecule has 0 aliphatic carbocycles. The number of hydrogen-bond donors (Lipinski definition) is 0. The second kappa shape index (κ2) is 8.13. The highest BCUT2D eigenvalue weighted by atomic mass is 35.5. The molecule has 1 unspecified atom stereocenters. The molecule has 3 aromatic rings. The smallest absolute Gasteiger partial charge is 0.279 e. The fraction of sp³-hybridized carbons (Fsp3) is 0.174. The normalized spacial score (nSPS) is 16.4. The molecule has 0 saturated heterocycles. The SMILES string of the molecule is COc1ccc(C2CC(c3ccc(Cl)cc3)=NN2S(=O)(=O)c2ccccc2C)cc1. The average Bonchev–Trinajstić information content (AvgIpc) is 3.21. The van der Waals surface area contributed by atoms with Gasteiger partial charge in [-0.3, -0.25) is 0 Å². The zero-order valence-corrected chi connectivity index (χ0v) is 18.2. The van der Waals surface area contributed by atoms with Crippen molar-refractivity contribution < 1.29 is 13.2 Å². The summed E-state index contributed by atoms with van der Waals surface area (Å²) >= 11 is 6.01. The molecule has 4 rings (SSSR count). The summed E-state index contributed by atoms with van der Waals surface area (Å²) in [7, 11) is -2.24. The molecule has 1 aliphatic heterocycles. The zero-order chi connectivity index (χ0) is 21.3. The molecule has 5 nitrogen and oxygen atoms in total. The molecule has 0 aromatic heterocycles. The number of methoxy groups -OCH3 is 1. The van der Waals surface area contributed by atoms with E-state index >= 15 is 0 Å². The molecule has 1 heterocycles. The molecule has 0 spiro atoms. The van der Waals surface area contributed by atoms with Crippen molar-refractivity contribution in [2.75, 3.05) is 7.11 Å². The fourth-order valence-electron chi connectivity index (χ4n) is 3.55. The van der Waals surface area contributed by atoms with E-state index in [1.165, 1.54) is 4.41 Å². The monoisotopic (exact) mass is 440 g/mol. The molecule has 0 radical (unpaired) electrons. The van der Waals surface area contributed by atoms with E-state index in [4.69, 9.17) is 16.3 Å². The Kier molecular flexibility index (Phi) is 5.54. The van der Waals surface area contributed by atoms with E-state index in [0.29, 0.717) is 28.5 Å². The second-order valence-corrected chi connectivity index (χ2v) is 9.29. The summed E-state index contributed by atoms with van der Waals surface area (Å²) in [6, 6.07) is 21.2. The largest absolute Gasteiger partial charge is 0.497 e. The van der Waals surface area contributed by atoms with Crippen LogP contribution in [0.15, 0.2) is 82.8 Å². The quantitative estimate of drug-likeness (QED) is 0.548. The number of hydrazone groups is 1. The average molecular weight is 441 g/mol. The van der Waals surface area contributed by atoms with Crippen LogP contribution in [-0.2, 0) is 10.0 Å². The minimum Gasteiger partial charge on any atom is -0.497 e. The predicted molar refractivity (Wildman–Crippen MR) is 119 cm³/mol. The van der Waals surface area contributed by atoms with Gasteiger partial charge in [0.1, 0.15) is 5.75 Å². The highest BCUT2D eigenvalue weighted by Crippen LogP contribution is 2.38. The summed E-state index contributed by atoms with van der Waals surface area (Å²) in [5.41, 5.74) is 3.08. The molecule has 30 heavy (non-hydrogen) atoms. The Labute approximate surface area is 181 Å². The molecular formula is C23H21ClN2O3S. The maximum Gasteiger partial charge on any atom is 0.279 e. The minimum absolute atomic E-state index is 0.254. The molecule has 154 valence electrons. The van der Waals surface area contributed by atoms with E-state index in [0.717, 1.165) is 11.1 Å². The second-order valence-electron chi connectivity index (χ2n) is 7.09. The fourth-order valence-corrected chi connectivity index (χ4v) is 5.34. The van der Waals surface area contributed by atoms with Crippen LogP contribution in [0, 0.1) is 6.92 Å². The van der Waals surface area contributed by atoms with Gasteiger partial charge < -0.3 is 4.74 Å². The molecule has 1 aliphatic rings. The van der Waals surface area contributed by atoms with E-state index in [1.807, 2.05) is 42.5 Å². The van der Waals surface area contributed by atoms with E-state index in [9.17, 15) is 8.42 Å². The third kappa shape index (κ3) is 3.80. The van der Waals surface area contributed by atoms with Gasteiger partial charge in [0, 0.05) is 11.4 Å². The van der Waals surface area contributed by atoms with Crippen molar-refractivity contribution in [1.29, 1.82) is 0 Å². The van der Waals surface area contributed by atoms with Crippen molar-refractivity contribution in [3.05, 3.63) is 94.5 Å². The lowest BCUT2D eigenvalue weighted by Gasteiger charge is -2.24. The van der Waals surface area contributed by atoms with Gasteiger partial charge in [0.05, 0.1) is 23.8 Å². The Morgan fingerprint density at radius 2 is 1.67 bits per heavy atom. The third-order valence-electron chi connectivity index (χ3n) is 5.17. The van der Waals surface area contributed by atoms with Gasteiger partial charge >= 0.3 is 0 Å². The molecule has 0 N–H and O–H groups in total. The molecule has 1 atom stereocenters. The maximum atomic E-state index is 13.6. The molecule has 3 aromatic carbocycles. The summed E-state index contributed by atoms with van der Waals surface area (Å²) in [6.45, 7) is 1.79. The molecule has 7 heteroatoms. The minimum atomic E-state index is -3.84. The first-order valence-corrected chi connectivity index (χ1v) is 11.3. The first kappa shape index (κ1) is 20.4. The van der Waals surface area contributed by atoms with E-state index in [2.05, 4.69) is 5.10 Å². The highest BCUT2D eigenvalue weighted by Gasteiger charge is 2.38. The van der Waals surface area contributed by atoms with Crippen molar-refractivity contribution in [2.24, 2.45) is 5.10 Å². The van der Waals surface area contributed by atoms with Gasteiger partial charge in [0.25, 0.3) is 10.0 Å². The van der Waals surface area contributed by atoms with Crippen molar-refractivity contribution in [2.45, 2.75) is 24.3 Å². The van der Waals surface area contributed by atoms with Gasteiger partial charge in [-0.25, -0.2) is 0 Å². The number of sulfonamides is 1. The highest BCUT2D eigenvalue weighted by molar-refractivity contribution is 7.89. The van der Waals surface area contributed by atoms with Crippen LogP contribution < -0.4 is 4.74 Å². The molecule has 0 amide bonds. The van der Waals surface area contributed by atoms with Gasteiger partial charge in [-0.2, -0.15) is 17.9 Å². The van der Waals surface area contributed by atoms with Gasteiger partial charge in [0.15, 0.2) is 0 Å². The van der Waals surface area contributed by atoms with Crippen LogP contribution in [0.4, 0.5) is 0 Å². The number of ether oxygens (including phenoxy) is 1. The third-order valence-corrected chi connectivity index (χ3v) is 7.26. The number of nitrogens with zero attached hydrogens (tertiary/aromatic N) is 2. The van der Waals surface area contributed by atoms with Crippen LogP contribution >= 0.6 is 11.6 Å². The Bertz CT molecular complexity index is 1190. The Morgan fingerprint density at radius 1 is 1.00 bits per heavy atom. The first-order chi connectivity index (χ1) is 14.4. The molecule has 0 fully saturated rings. The van der Waals surface area contributed by atoms with Crippen molar-refractivity contribution in [3.63, 3.8) is 0 Å². The van der Waals surface area contributed by atoms with E-state index in [1.54, 1.807) is 44.4 Å². The van der Waals surface area contributed by atoms with Gasteiger partial charge in [-0.15, -0.1) is 0 Å². The lowest BCUT2D eigenvalue weighted by molar-refractivity contribution is 0.370. The van der Waals surface area contributed by atoms with Crippen LogP contribution in [0.5, 0.6) is 5.75 Å². The topological polar surface area (TPSA) is 59.0 Å². The Hall–Kier alpha value is -2.83. The Balaban J connectivity index is 1.80.